The van der Waals surface area contributed by atoms with Gasteiger partial charge in [0.25, 0.3) is 5.72 Å². The van der Waals surface area contributed by atoms with Crippen molar-refractivity contribution in [1.82, 2.24) is 15.6 Å². The van der Waals surface area contributed by atoms with Crippen LogP contribution < -0.4 is 10.4 Å². The number of hydrogen-bond donors (Lipinski definition) is 2. The van der Waals surface area contributed by atoms with E-state index in [1.165, 1.54) is 17.3 Å². The quantitative estimate of drug-likeness (QED) is 0.821. The molecule has 2 heterocycles. The highest BCUT2D eigenvalue weighted by atomic mass is 16.6. The van der Waals surface area contributed by atoms with Gasteiger partial charge in [-0.1, -0.05) is 30.3 Å². The van der Waals surface area contributed by atoms with E-state index >= 15 is 0 Å². The number of hydrogen-bond acceptors (Lipinski definition) is 7. The van der Waals surface area contributed by atoms with E-state index in [2.05, 4.69) is 15.6 Å². The monoisotopic (exact) mass is 312 g/mol. The predicted molar refractivity (Wildman–Crippen MR) is 83.8 cm³/mol. The fraction of sp³-hybridized carbons (Fsp3) is 0.188. The minimum absolute atomic E-state index is 0.168. The van der Waals surface area contributed by atoms with Gasteiger partial charge in [0.1, 0.15) is 0 Å². The first-order valence-electron chi connectivity index (χ1n) is 7.18. The summed E-state index contributed by atoms with van der Waals surface area (Å²) in [7, 11) is 0. The van der Waals surface area contributed by atoms with Crippen LogP contribution in [-0.4, -0.2) is 33.6 Å². The lowest BCUT2D eigenvalue weighted by atomic mass is 10.1. The Labute approximate surface area is 133 Å². The first-order valence-corrected chi connectivity index (χ1v) is 7.18. The third-order valence-corrected chi connectivity index (χ3v) is 3.39. The number of rotatable bonds is 4. The Morgan fingerprint density at radius 2 is 2.04 bits per heavy atom. The van der Waals surface area contributed by atoms with Crippen LogP contribution in [0.15, 0.2) is 54.7 Å². The second-order valence-electron chi connectivity index (χ2n) is 4.89. The molecular formula is C16H16N4O3. The van der Waals surface area contributed by atoms with Crippen molar-refractivity contribution in [3.63, 3.8) is 0 Å². The third-order valence-electron chi connectivity index (χ3n) is 3.39. The predicted octanol–water partition coefficient (Wildman–Crippen LogP) is 1.23. The second kappa shape index (κ2) is 6.05. The van der Waals surface area contributed by atoms with Gasteiger partial charge in [0, 0.05) is 11.8 Å². The molecule has 1 unspecified atom stereocenters. The van der Waals surface area contributed by atoms with Crippen molar-refractivity contribution in [2.75, 3.05) is 11.6 Å². The van der Waals surface area contributed by atoms with Gasteiger partial charge in [-0.25, -0.2) is 9.80 Å². The van der Waals surface area contributed by atoms with Crippen LogP contribution in [0.2, 0.25) is 0 Å². The molecular weight excluding hydrogens is 296 g/mol. The second-order valence-corrected chi connectivity index (χ2v) is 4.89. The molecule has 1 atom stereocenters. The Kier molecular flexibility index (Phi) is 3.94. The van der Waals surface area contributed by atoms with Crippen LogP contribution >= 0.6 is 0 Å². The van der Waals surface area contributed by atoms with E-state index in [4.69, 9.17) is 4.74 Å². The average Bonchev–Trinajstić information content (AvgIpc) is 2.99. The van der Waals surface area contributed by atoms with Crippen molar-refractivity contribution in [1.29, 1.82) is 0 Å². The lowest BCUT2D eigenvalue weighted by Gasteiger charge is -2.30. The van der Waals surface area contributed by atoms with Crippen LogP contribution in [0, 0.1) is 0 Å². The fourth-order valence-corrected chi connectivity index (χ4v) is 2.25. The van der Waals surface area contributed by atoms with Crippen molar-refractivity contribution in [2.24, 2.45) is 0 Å². The van der Waals surface area contributed by atoms with E-state index in [9.17, 15) is 9.90 Å². The summed E-state index contributed by atoms with van der Waals surface area (Å²) in [6, 6.07) is 13.0. The van der Waals surface area contributed by atoms with E-state index in [-0.39, 0.29) is 6.61 Å². The topological polar surface area (TPSA) is 87.6 Å². The Balaban J connectivity index is 1.86. The van der Waals surface area contributed by atoms with E-state index in [1.54, 1.807) is 19.1 Å². The number of nitrogens with zero attached hydrogens (tertiary/aromatic N) is 3. The number of anilines is 1. The maximum atomic E-state index is 12.0. The maximum Gasteiger partial charge on any atom is 0.366 e. The Bertz CT molecular complexity index is 718. The van der Waals surface area contributed by atoms with E-state index in [0.29, 0.717) is 11.5 Å². The molecule has 118 valence electrons. The minimum atomic E-state index is -1.95. The molecule has 1 aliphatic rings. The molecule has 1 aliphatic heterocycles. The summed E-state index contributed by atoms with van der Waals surface area (Å²) in [5.74, 6) is -0.486. The van der Waals surface area contributed by atoms with Crippen LogP contribution in [0.3, 0.4) is 0 Å². The number of nitrogens with one attached hydrogen (secondary N) is 1. The Hall–Kier alpha value is -2.93. The Morgan fingerprint density at radius 3 is 2.70 bits per heavy atom. The summed E-state index contributed by atoms with van der Waals surface area (Å²) in [5.41, 5.74) is 2.44. The zero-order valence-corrected chi connectivity index (χ0v) is 12.5. The maximum absolute atomic E-state index is 12.0. The van der Waals surface area contributed by atoms with Crippen LogP contribution in [0.5, 0.6) is 0 Å². The first kappa shape index (κ1) is 15.0. The smallest absolute Gasteiger partial charge is 0.366 e. The molecule has 0 saturated carbocycles. The molecule has 0 fully saturated rings. The first-order chi connectivity index (χ1) is 11.1. The van der Waals surface area contributed by atoms with Crippen LogP contribution in [0.1, 0.15) is 6.92 Å². The van der Waals surface area contributed by atoms with Crippen molar-refractivity contribution in [3.05, 3.63) is 54.7 Å². The summed E-state index contributed by atoms with van der Waals surface area (Å²) >= 11 is 0. The molecule has 2 aromatic rings. The van der Waals surface area contributed by atoms with Gasteiger partial charge in [-0.3, -0.25) is 0 Å². The van der Waals surface area contributed by atoms with Gasteiger partial charge >= 0.3 is 5.97 Å². The number of esters is 1. The largest absolute Gasteiger partial charge is 0.462 e. The summed E-state index contributed by atoms with van der Waals surface area (Å²) < 4.78 is 4.90. The van der Waals surface area contributed by atoms with Gasteiger partial charge in [0.05, 0.1) is 12.3 Å². The number of carbonyl (C=O) groups is 1. The lowest BCUT2D eigenvalue weighted by Crippen LogP contribution is -2.55. The average molecular weight is 312 g/mol. The minimum Gasteiger partial charge on any atom is -0.462 e. The molecule has 0 spiro atoms. The summed E-state index contributed by atoms with van der Waals surface area (Å²) in [6.45, 7) is 1.84. The number of ether oxygens (including phenoxy) is 1. The number of hydrazine groups is 1. The van der Waals surface area contributed by atoms with Crippen molar-refractivity contribution >= 4 is 11.8 Å². The van der Waals surface area contributed by atoms with Crippen LogP contribution in [-0.2, 0) is 9.53 Å². The van der Waals surface area contributed by atoms with Crippen LogP contribution in [0.4, 0.5) is 5.82 Å². The molecule has 1 aromatic carbocycles. The normalized spacial score (nSPS) is 19.5. The van der Waals surface area contributed by atoms with Gasteiger partial charge in [0.2, 0.25) is 0 Å². The van der Waals surface area contributed by atoms with E-state index in [0.717, 1.165) is 5.56 Å². The standard InChI is InChI=1S/C16H16N4O3/c1-2-23-15(21)16(22)10-11-17-20(16)14-9-8-13(18-19-14)12-6-4-3-5-7-12/h3-11,17,22H,2H2,1H3. The Morgan fingerprint density at radius 1 is 1.26 bits per heavy atom. The molecule has 0 bridgehead atoms. The summed E-state index contributed by atoms with van der Waals surface area (Å²) in [5, 5.41) is 19.9. The zero-order chi connectivity index (χ0) is 16.3. The highest BCUT2D eigenvalue weighted by Gasteiger charge is 2.46. The SMILES string of the molecule is CCOC(=O)C1(O)C=CNN1c1ccc(-c2ccccc2)nn1. The third kappa shape index (κ3) is 2.74. The molecule has 1 aromatic heterocycles. The van der Waals surface area contributed by atoms with Gasteiger partial charge in [-0.05, 0) is 25.1 Å². The van der Waals surface area contributed by atoms with Crippen molar-refractivity contribution in [2.45, 2.75) is 12.6 Å². The zero-order valence-electron chi connectivity index (χ0n) is 12.5. The molecule has 7 nitrogen and oxygen atoms in total. The van der Waals surface area contributed by atoms with E-state index in [1.807, 2.05) is 30.3 Å². The van der Waals surface area contributed by atoms with Crippen LogP contribution in [0.25, 0.3) is 11.3 Å². The highest BCUT2D eigenvalue weighted by molar-refractivity contribution is 5.86. The molecule has 0 radical (unpaired) electrons. The van der Waals surface area contributed by atoms with Crippen molar-refractivity contribution in [3.8, 4) is 11.3 Å². The van der Waals surface area contributed by atoms with Gasteiger partial charge in [-0.15, -0.1) is 10.2 Å². The van der Waals surface area contributed by atoms with Gasteiger partial charge in [0.15, 0.2) is 5.82 Å². The lowest BCUT2D eigenvalue weighted by molar-refractivity contribution is -0.159. The number of carbonyl (C=O) groups excluding carboxylic acids is 1. The highest BCUT2D eigenvalue weighted by Crippen LogP contribution is 2.25. The van der Waals surface area contributed by atoms with Gasteiger partial charge < -0.3 is 15.3 Å². The molecule has 0 aliphatic carbocycles. The summed E-state index contributed by atoms with van der Waals surface area (Å²) in [4.78, 5) is 12.0. The number of benzene rings is 1. The summed E-state index contributed by atoms with van der Waals surface area (Å²) in [6.07, 6.45) is 2.75. The molecule has 2 N–H and O–H groups in total. The molecule has 7 heteroatoms. The molecule has 23 heavy (non-hydrogen) atoms. The number of aliphatic hydroxyl groups is 1. The number of aromatic nitrogens is 2. The molecule has 0 saturated heterocycles. The van der Waals surface area contributed by atoms with Gasteiger partial charge in [-0.2, -0.15) is 0 Å². The molecule has 0 amide bonds. The van der Waals surface area contributed by atoms with Crippen molar-refractivity contribution < 1.29 is 14.6 Å². The molecule has 3 rings (SSSR count). The fourth-order valence-electron chi connectivity index (χ4n) is 2.25. The van der Waals surface area contributed by atoms with E-state index < -0.39 is 11.7 Å².